The van der Waals surface area contributed by atoms with E-state index in [1.54, 1.807) is 37.5 Å². The monoisotopic (exact) mass is 497 g/mol. The number of nitrogens with zero attached hydrogens (tertiary/aromatic N) is 3. The molecule has 2 aromatic rings. The summed E-state index contributed by atoms with van der Waals surface area (Å²) in [5.74, 6) is 0.245. The molecule has 164 valence electrons. The third-order valence-corrected chi connectivity index (χ3v) is 7.84. The van der Waals surface area contributed by atoms with Crippen molar-refractivity contribution < 1.29 is 18.3 Å². The number of hydrogen-bond acceptors (Lipinski definition) is 6. The number of rotatable bonds is 6. The quantitative estimate of drug-likeness (QED) is 0.660. The highest BCUT2D eigenvalue weighted by atomic mass is 79.9. The van der Waals surface area contributed by atoms with E-state index >= 15 is 0 Å². The molecule has 3 atom stereocenters. The maximum atomic E-state index is 13.3. The molecule has 30 heavy (non-hydrogen) atoms. The number of benzene rings is 1. The summed E-state index contributed by atoms with van der Waals surface area (Å²) in [4.78, 5) is 6.33. The molecule has 3 rings (SSSR count). The van der Waals surface area contributed by atoms with E-state index in [-0.39, 0.29) is 30.1 Å². The number of ether oxygens (including phenoxy) is 1. The second-order valence-corrected chi connectivity index (χ2v) is 10.7. The fourth-order valence-corrected chi connectivity index (χ4v) is 5.75. The molecule has 1 aromatic heterocycles. The van der Waals surface area contributed by atoms with E-state index in [1.165, 1.54) is 4.31 Å². The molecule has 1 aliphatic rings. The maximum Gasteiger partial charge on any atom is 0.247 e. The molecule has 7 nitrogen and oxygen atoms in total. The van der Waals surface area contributed by atoms with Crippen LogP contribution in [0.25, 0.3) is 0 Å². The molecule has 0 bridgehead atoms. The second-order valence-electron chi connectivity index (χ2n) is 7.88. The van der Waals surface area contributed by atoms with E-state index < -0.39 is 16.1 Å². The Bertz CT molecular complexity index is 958. The largest absolute Gasteiger partial charge is 0.487 e. The van der Waals surface area contributed by atoms with Gasteiger partial charge in [0.15, 0.2) is 0 Å². The van der Waals surface area contributed by atoms with Crippen LogP contribution in [0.3, 0.4) is 0 Å². The first kappa shape index (κ1) is 23.1. The molecule has 0 spiro atoms. The molecule has 9 heteroatoms. The number of likely N-dealkylation sites (N-methyl/N-ethyl adjacent to an activating group) is 1. The molecule has 1 N–H and O–H groups in total. The van der Waals surface area contributed by atoms with E-state index in [1.807, 2.05) is 26.1 Å². The van der Waals surface area contributed by atoms with E-state index in [0.717, 1.165) is 16.6 Å². The predicted octanol–water partition coefficient (Wildman–Crippen LogP) is 2.74. The van der Waals surface area contributed by atoms with E-state index in [0.29, 0.717) is 12.3 Å². The topological polar surface area (TPSA) is 83.0 Å². The minimum Gasteiger partial charge on any atom is -0.487 e. The standard InChI is InChI=1S/C21H28BrN3O4S/c1-15-11-25(16(2)14-26)30(27,28)21-5-4-18(22)10-19(21)29-20(15)13-24(3)12-17-6-8-23-9-7-17/h4-10,15-16,20,26H,11-14H2,1-3H3/t15-,16-,20-/m1/s1. The van der Waals surface area contributed by atoms with Crippen molar-refractivity contribution in [1.29, 1.82) is 0 Å². The first-order chi connectivity index (χ1) is 14.2. The molecule has 2 heterocycles. The van der Waals surface area contributed by atoms with Crippen molar-refractivity contribution >= 4 is 26.0 Å². The van der Waals surface area contributed by atoms with Crippen LogP contribution in [0.4, 0.5) is 0 Å². The lowest BCUT2D eigenvalue weighted by atomic mass is 10.0. The van der Waals surface area contributed by atoms with Gasteiger partial charge in [-0.25, -0.2) is 8.42 Å². The Hall–Kier alpha value is -1.52. The Morgan fingerprint density at radius 3 is 2.70 bits per heavy atom. The lowest BCUT2D eigenvalue weighted by Gasteiger charge is -2.37. The van der Waals surface area contributed by atoms with Crippen LogP contribution < -0.4 is 4.74 Å². The van der Waals surface area contributed by atoms with Crippen LogP contribution in [0.1, 0.15) is 19.4 Å². The average Bonchev–Trinajstić information content (AvgIpc) is 2.70. The van der Waals surface area contributed by atoms with Gasteiger partial charge in [0.05, 0.1) is 6.61 Å². The number of aliphatic hydroxyl groups is 1. The van der Waals surface area contributed by atoms with Crippen molar-refractivity contribution in [3.8, 4) is 5.75 Å². The van der Waals surface area contributed by atoms with Crippen LogP contribution in [0, 0.1) is 5.92 Å². The SMILES string of the molecule is C[C@@H]1CN([C@H](C)CO)S(=O)(=O)c2ccc(Br)cc2O[C@@H]1CN(C)Cc1ccncc1. The summed E-state index contributed by atoms with van der Waals surface area (Å²) in [7, 11) is -1.78. The molecule has 1 aromatic carbocycles. The average molecular weight is 498 g/mol. The highest BCUT2D eigenvalue weighted by Gasteiger charge is 2.38. The zero-order valence-electron chi connectivity index (χ0n) is 17.4. The molecule has 0 aliphatic carbocycles. The van der Waals surface area contributed by atoms with Crippen molar-refractivity contribution in [2.75, 3.05) is 26.7 Å². The number of fused-ring (bicyclic) bond motifs is 1. The summed E-state index contributed by atoms with van der Waals surface area (Å²) < 4.78 is 35.0. The summed E-state index contributed by atoms with van der Waals surface area (Å²) in [6.07, 6.45) is 3.31. The fourth-order valence-electron chi connectivity index (χ4n) is 3.59. The number of hydrogen-bond donors (Lipinski definition) is 1. The first-order valence-corrected chi connectivity index (χ1v) is 12.1. The van der Waals surface area contributed by atoms with Gasteiger partial charge in [-0.3, -0.25) is 9.88 Å². The van der Waals surface area contributed by atoms with Crippen molar-refractivity contribution in [1.82, 2.24) is 14.2 Å². The maximum absolute atomic E-state index is 13.3. The normalized spacial score (nSPS) is 22.6. The zero-order chi connectivity index (χ0) is 21.9. The van der Waals surface area contributed by atoms with Crippen LogP contribution in [-0.2, 0) is 16.6 Å². The van der Waals surface area contributed by atoms with Gasteiger partial charge in [-0.1, -0.05) is 22.9 Å². The molecule has 1 aliphatic heterocycles. The fraction of sp³-hybridized carbons (Fsp3) is 0.476. The van der Waals surface area contributed by atoms with E-state index in [2.05, 4.69) is 25.8 Å². The smallest absolute Gasteiger partial charge is 0.247 e. The predicted molar refractivity (Wildman–Crippen MR) is 119 cm³/mol. The third-order valence-electron chi connectivity index (χ3n) is 5.32. The molecule has 0 amide bonds. The van der Waals surface area contributed by atoms with E-state index in [9.17, 15) is 13.5 Å². The van der Waals surface area contributed by atoms with Crippen molar-refractivity contribution in [2.24, 2.45) is 5.92 Å². The van der Waals surface area contributed by atoms with Gasteiger partial charge < -0.3 is 9.84 Å². The van der Waals surface area contributed by atoms with Crippen LogP contribution >= 0.6 is 15.9 Å². The number of sulfonamides is 1. The van der Waals surface area contributed by atoms with Gasteiger partial charge in [0, 0.05) is 48.5 Å². The minimum atomic E-state index is -3.80. The summed E-state index contributed by atoms with van der Waals surface area (Å²) in [5.41, 5.74) is 1.15. The Kier molecular flexibility index (Phi) is 7.52. The van der Waals surface area contributed by atoms with Gasteiger partial charge in [0.25, 0.3) is 0 Å². The van der Waals surface area contributed by atoms with Crippen molar-refractivity contribution in [2.45, 2.75) is 37.4 Å². The molecular weight excluding hydrogens is 470 g/mol. The van der Waals surface area contributed by atoms with E-state index in [4.69, 9.17) is 4.74 Å². The Morgan fingerprint density at radius 2 is 2.03 bits per heavy atom. The molecule has 0 radical (unpaired) electrons. The lowest BCUT2D eigenvalue weighted by Crippen LogP contribution is -2.49. The van der Waals surface area contributed by atoms with Crippen LogP contribution in [-0.4, -0.2) is 66.6 Å². The molecule has 0 fully saturated rings. The first-order valence-electron chi connectivity index (χ1n) is 9.88. The summed E-state index contributed by atoms with van der Waals surface area (Å²) in [6, 6.07) is 8.37. The Labute approximate surface area is 186 Å². The number of pyridine rings is 1. The Balaban J connectivity index is 1.92. The van der Waals surface area contributed by atoms with Gasteiger partial charge in [0.2, 0.25) is 10.0 Å². The van der Waals surface area contributed by atoms with Crippen LogP contribution in [0.15, 0.2) is 52.1 Å². The summed E-state index contributed by atoms with van der Waals surface area (Å²) in [5, 5.41) is 9.68. The van der Waals surface area contributed by atoms with Gasteiger partial charge in [-0.2, -0.15) is 4.31 Å². The van der Waals surface area contributed by atoms with Gasteiger partial charge in [0.1, 0.15) is 16.7 Å². The van der Waals surface area contributed by atoms with Crippen molar-refractivity contribution in [3.63, 3.8) is 0 Å². The van der Waals surface area contributed by atoms with Gasteiger partial charge >= 0.3 is 0 Å². The van der Waals surface area contributed by atoms with Crippen LogP contribution in [0.2, 0.25) is 0 Å². The molecule has 0 unspecified atom stereocenters. The van der Waals surface area contributed by atoms with Gasteiger partial charge in [-0.05, 0) is 49.9 Å². The number of aromatic nitrogens is 1. The second kappa shape index (κ2) is 9.74. The Morgan fingerprint density at radius 1 is 1.33 bits per heavy atom. The number of halogens is 1. The summed E-state index contributed by atoms with van der Waals surface area (Å²) >= 11 is 3.42. The molecule has 0 saturated carbocycles. The van der Waals surface area contributed by atoms with Gasteiger partial charge in [-0.15, -0.1) is 0 Å². The number of aliphatic hydroxyl groups excluding tert-OH is 1. The molecular formula is C21H28BrN3O4S. The highest BCUT2D eigenvalue weighted by Crippen LogP contribution is 2.35. The minimum absolute atomic E-state index is 0.0826. The molecule has 0 saturated heterocycles. The van der Waals surface area contributed by atoms with Crippen LogP contribution in [0.5, 0.6) is 5.75 Å². The van der Waals surface area contributed by atoms with Crippen molar-refractivity contribution in [3.05, 3.63) is 52.8 Å². The third kappa shape index (κ3) is 5.20. The zero-order valence-corrected chi connectivity index (χ0v) is 19.8. The highest BCUT2D eigenvalue weighted by molar-refractivity contribution is 9.10. The lowest BCUT2D eigenvalue weighted by molar-refractivity contribution is 0.0733. The summed E-state index contributed by atoms with van der Waals surface area (Å²) in [6.45, 7) is 5.08.